The van der Waals surface area contributed by atoms with E-state index in [2.05, 4.69) is 5.32 Å². The number of nitrogens with two attached hydrogens (primary N) is 4. The lowest BCUT2D eigenvalue weighted by molar-refractivity contribution is -0.139. The van der Waals surface area contributed by atoms with Crippen molar-refractivity contribution in [3.8, 4) is 0 Å². The van der Waals surface area contributed by atoms with Gasteiger partial charge in [0.15, 0.2) is 0 Å². The number of aliphatic carboxylic acids is 2. The van der Waals surface area contributed by atoms with Gasteiger partial charge in [-0.05, 0) is 32.2 Å². The van der Waals surface area contributed by atoms with Gasteiger partial charge in [0.1, 0.15) is 12.1 Å². The molecule has 132 valence electrons. The number of amides is 2. The molecule has 0 aliphatic carbocycles. The molecular weight excluding hydrogens is 318 g/mol. The fraction of sp³-hybridized carbons (Fsp3) is 0.727. The van der Waals surface area contributed by atoms with Crippen molar-refractivity contribution < 1.29 is 24.6 Å². The van der Waals surface area contributed by atoms with E-state index in [0.717, 1.165) is 0 Å². The first kappa shape index (κ1) is 25.3. The lowest BCUT2D eigenvalue weighted by atomic mass is 10.2. The number of carbonyl (C=O) groups is 3. The number of primary amides is 1. The summed E-state index contributed by atoms with van der Waals surface area (Å²) >= 11 is 0. The van der Waals surface area contributed by atoms with Crippen molar-refractivity contribution in [2.24, 2.45) is 22.9 Å². The molecule has 0 aliphatic rings. The van der Waals surface area contributed by atoms with Gasteiger partial charge in [-0.15, -0.1) is 12.4 Å². The topological polar surface area (TPSA) is 208 Å². The van der Waals surface area contributed by atoms with Gasteiger partial charge >= 0.3 is 18.0 Å². The second kappa shape index (κ2) is 15.8. The molecule has 0 aliphatic heterocycles. The fourth-order valence-corrected chi connectivity index (χ4v) is 1.12. The van der Waals surface area contributed by atoms with Crippen LogP contribution in [0.4, 0.5) is 4.79 Å². The Hall–Kier alpha value is -1.62. The van der Waals surface area contributed by atoms with Gasteiger partial charge in [0, 0.05) is 6.54 Å². The van der Waals surface area contributed by atoms with Crippen molar-refractivity contribution in [2.75, 3.05) is 13.1 Å². The lowest BCUT2D eigenvalue weighted by Crippen LogP contribution is -2.33. The van der Waals surface area contributed by atoms with E-state index in [-0.39, 0.29) is 12.4 Å². The molecule has 0 saturated carbocycles. The minimum atomic E-state index is -1.03. The van der Waals surface area contributed by atoms with Crippen LogP contribution in [-0.4, -0.2) is 53.4 Å². The van der Waals surface area contributed by atoms with Crippen LogP contribution < -0.4 is 28.3 Å². The molecule has 0 spiro atoms. The van der Waals surface area contributed by atoms with E-state index in [1.54, 1.807) is 0 Å². The summed E-state index contributed by atoms with van der Waals surface area (Å²) in [6.07, 6.45) is 1.98. The minimum Gasteiger partial charge on any atom is -0.480 e. The van der Waals surface area contributed by atoms with Gasteiger partial charge in [-0.2, -0.15) is 0 Å². The van der Waals surface area contributed by atoms with Crippen LogP contribution >= 0.6 is 12.4 Å². The van der Waals surface area contributed by atoms with Crippen molar-refractivity contribution >= 4 is 30.4 Å². The molecule has 0 fully saturated rings. The zero-order chi connectivity index (χ0) is 16.8. The third kappa shape index (κ3) is 18.4. The number of halogens is 1. The van der Waals surface area contributed by atoms with Gasteiger partial charge in [-0.3, -0.25) is 9.59 Å². The Bertz CT molecular complexity index is 332. The molecule has 0 rings (SSSR count). The first-order valence-corrected chi connectivity index (χ1v) is 6.42. The number of carbonyl (C=O) groups excluding carboxylic acids is 1. The summed E-state index contributed by atoms with van der Waals surface area (Å²) in [7, 11) is 0. The third-order valence-corrected chi connectivity index (χ3v) is 2.34. The highest BCUT2D eigenvalue weighted by molar-refractivity contribution is 5.85. The highest BCUT2D eigenvalue weighted by atomic mass is 35.5. The maximum absolute atomic E-state index is 10.2. The summed E-state index contributed by atoms with van der Waals surface area (Å²) < 4.78 is 0. The van der Waals surface area contributed by atoms with E-state index in [1.807, 2.05) is 0 Å². The van der Waals surface area contributed by atoms with Crippen LogP contribution in [-0.2, 0) is 9.59 Å². The largest absolute Gasteiger partial charge is 0.480 e. The molecule has 10 nitrogen and oxygen atoms in total. The second-order valence-electron chi connectivity index (χ2n) is 4.25. The Morgan fingerprint density at radius 1 is 0.955 bits per heavy atom. The molecule has 11 N–H and O–H groups in total. The maximum Gasteiger partial charge on any atom is 0.320 e. The monoisotopic (exact) mass is 343 g/mol. The van der Waals surface area contributed by atoms with E-state index in [4.69, 9.17) is 33.1 Å². The summed E-state index contributed by atoms with van der Waals surface area (Å²) in [4.78, 5) is 30.4. The van der Waals surface area contributed by atoms with Crippen LogP contribution in [0.15, 0.2) is 0 Å². The molecule has 2 amide bonds. The van der Waals surface area contributed by atoms with Gasteiger partial charge in [-0.25, -0.2) is 4.79 Å². The Kier molecular flexibility index (Phi) is 18.2. The van der Waals surface area contributed by atoms with E-state index < -0.39 is 30.1 Å². The normalized spacial score (nSPS) is 12.0. The number of nitrogens with one attached hydrogen (secondary N) is 1. The van der Waals surface area contributed by atoms with Gasteiger partial charge in [0.05, 0.1) is 0 Å². The molecule has 0 aromatic rings. The first-order chi connectivity index (χ1) is 9.72. The van der Waals surface area contributed by atoms with Gasteiger partial charge in [0.2, 0.25) is 0 Å². The molecule has 0 aromatic heterocycles. The second-order valence-corrected chi connectivity index (χ2v) is 4.25. The van der Waals surface area contributed by atoms with Crippen LogP contribution in [0, 0.1) is 0 Å². The van der Waals surface area contributed by atoms with Crippen molar-refractivity contribution in [2.45, 2.75) is 37.8 Å². The van der Waals surface area contributed by atoms with E-state index in [9.17, 15) is 14.4 Å². The Labute approximate surface area is 135 Å². The smallest absolute Gasteiger partial charge is 0.320 e. The highest BCUT2D eigenvalue weighted by Crippen LogP contribution is 1.92. The predicted molar refractivity (Wildman–Crippen MR) is 83.6 cm³/mol. The Morgan fingerprint density at radius 3 is 1.68 bits per heavy atom. The van der Waals surface area contributed by atoms with Crippen LogP contribution in [0.25, 0.3) is 0 Å². The van der Waals surface area contributed by atoms with Crippen molar-refractivity contribution in [3.05, 3.63) is 0 Å². The van der Waals surface area contributed by atoms with Gasteiger partial charge in [0.25, 0.3) is 0 Å². The summed E-state index contributed by atoms with van der Waals surface area (Å²) in [5.74, 6) is -1.99. The van der Waals surface area contributed by atoms with Crippen LogP contribution in [0.2, 0.25) is 0 Å². The van der Waals surface area contributed by atoms with E-state index in [1.165, 1.54) is 0 Å². The number of carboxylic acid groups (broad SMARTS) is 2. The molecule has 11 heteroatoms. The fourth-order valence-electron chi connectivity index (χ4n) is 1.12. The molecule has 0 aromatic carbocycles. The number of hydrogen-bond acceptors (Lipinski definition) is 6. The lowest BCUT2D eigenvalue weighted by Gasteiger charge is -2.05. The summed E-state index contributed by atoms with van der Waals surface area (Å²) in [5, 5.41) is 18.9. The SMILES string of the molecule is Cl.NC(=O)NCCC[C@H](N)C(=O)O.NCCC[C@H](N)C(=O)O. The van der Waals surface area contributed by atoms with Crippen molar-refractivity contribution in [1.82, 2.24) is 5.32 Å². The predicted octanol–water partition coefficient (Wildman–Crippen LogP) is -1.59. The Balaban J connectivity index is -0.000000326. The van der Waals surface area contributed by atoms with Crippen molar-refractivity contribution in [1.29, 1.82) is 0 Å². The van der Waals surface area contributed by atoms with Gasteiger partial charge in [-0.1, -0.05) is 0 Å². The molecule has 0 saturated heterocycles. The minimum absolute atomic E-state index is 0. The summed E-state index contributed by atoms with van der Waals surface area (Å²) in [6.45, 7) is 0.858. The Morgan fingerprint density at radius 2 is 1.36 bits per heavy atom. The summed E-state index contributed by atoms with van der Waals surface area (Å²) in [5.41, 5.74) is 20.2. The number of hydrogen-bond donors (Lipinski definition) is 7. The molecule has 22 heavy (non-hydrogen) atoms. The zero-order valence-corrected chi connectivity index (χ0v) is 13.1. The summed E-state index contributed by atoms with van der Waals surface area (Å²) in [6, 6.07) is -2.22. The molecule has 0 heterocycles. The molecular formula is C11H26ClN5O5. The quantitative estimate of drug-likeness (QED) is 0.242. The van der Waals surface area contributed by atoms with Crippen LogP contribution in [0.1, 0.15) is 25.7 Å². The zero-order valence-electron chi connectivity index (χ0n) is 12.2. The van der Waals surface area contributed by atoms with E-state index >= 15 is 0 Å². The average molecular weight is 344 g/mol. The van der Waals surface area contributed by atoms with Crippen LogP contribution in [0.3, 0.4) is 0 Å². The van der Waals surface area contributed by atoms with E-state index in [0.29, 0.717) is 38.8 Å². The molecule has 0 bridgehead atoms. The standard InChI is InChI=1S/C6H13N3O3.C5H12N2O2.ClH/c7-4(5(10)11)2-1-3-9-6(8)12;6-3-1-2-4(7)5(8)9;/h4H,1-3,7H2,(H,10,11)(H3,8,9,12);4H,1-3,6-7H2,(H,8,9);1H/t2*4-;/m00./s1. The average Bonchev–Trinajstić information content (AvgIpc) is 2.40. The number of urea groups is 1. The molecule has 0 radical (unpaired) electrons. The van der Waals surface area contributed by atoms with Crippen LogP contribution in [0.5, 0.6) is 0 Å². The first-order valence-electron chi connectivity index (χ1n) is 6.42. The third-order valence-electron chi connectivity index (χ3n) is 2.34. The van der Waals surface area contributed by atoms with Crippen molar-refractivity contribution in [3.63, 3.8) is 0 Å². The maximum atomic E-state index is 10.2. The molecule has 0 unspecified atom stereocenters. The van der Waals surface area contributed by atoms with Gasteiger partial charge < -0.3 is 38.5 Å². The number of carboxylic acids is 2. The highest BCUT2D eigenvalue weighted by Gasteiger charge is 2.10. The molecule has 2 atom stereocenters. The number of rotatable bonds is 9.